The van der Waals surface area contributed by atoms with Gasteiger partial charge in [-0.3, -0.25) is 4.98 Å². The molecule has 0 saturated carbocycles. The second-order valence-corrected chi connectivity index (χ2v) is 5.03. The lowest BCUT2D eigenvalue weighted by molar-refractivity contribution is 0.176. The molecule has 1 fully saturated rings. The summed E-state index contributed by atoms with van der Waals surface area (Å²) >= 11 is 9.23. The van der Waals surface area contributed by atoms with Crippen LogP contribution in [0.15, 0.2) is 16.9 Å². The molecule has 0 aliphatic carbocycles. The second-order valence-electron chi connectivity index (χ2n) is 3.80. The van der Waals surface area contributed by atoms with Crippen molar-refractivity contribution in [2.75, 3.05) is 18.4 Å². The van der Waals surface area contributed by atoms with Crippen molar-refractivity contribution in [2.45, 2.75) is 12.5 Å². The molecule has 2 rings (SSSR count). The van der Waals surface area contributed by atoms with E-state index in [-0.39, 0.29) is 6.03 Å². The lowest BCUT2D eigenvalue weighted by Crippen LogP contribution is -2.33. The van der Waals surface area contributed by atoms with Crippen molar-refractivity contribution in [2.24, 2.45) is 0 Å². The minimum absolute atomic E-state index is 0.275. The van der Waals surface area contributed by atoms with Crippen molar-refractivity contribution in [1.82, 2.24) is 9.88 Å². The Balaban J connectivity index is 2.06. The van der Waals surface area contributed by atoms with E-state index in [4.69, 9.17) is 11.6 Å². The summed E-state index contributed by atoms with van der Waals surface area (Å²) in [6.07, 6.45) is 3.21. The maximum atomic E-state index is 11.8. The highest BCUT2D eigenvalue weighted by atomic mass is 79.9. The molecule has 0 radical (unpaired) electrons. The number of aliphatic hydroxyl groups is 1. The third-order valence-electron chi connectivity index (χ3n) is 2.53. The van der Waals surface area contributed by atoms with Crippen LogP contribution < -0.4 is 5.32 Å². The molecular formula is C10H11BrClN3O2. The number of halogens is 2. The van der Waals surface area contributed by atoms with Crippen molar-refractivity contribution >= 4 is 39.2 Å². The summed E-state index contributed by atoms with van der Waals surface area (Å²) in [7, 11) is 0. The number of nitrogens with one attached hydrogen (secondary N) is 1. The van der Waals surface area contributed by atoms with Crippen LogP contribution in [-0.4, -0.2) is 40.2 Å². The molecular weight excluding hydrogens is 309 g/mol. The third-order valence-corrected chi connectivity index (χ3v) is 3.77. The van der Waals surface area contributed by atoms with Gasteiger partial charge in [0.25, 0.3) is 0 Å². The fourth-order valence-corrected chi connectivity index (χ4v) is 2.10. The van der Waals surface area contributed by atoms with Crippen LogP contribution in [0.3, 0.4) is 0 Å². The molecule has 2 N–H and O–H groups in total. The highest BCUT2D eigenvalue weighted by molar-refractivity contribution is 9.10. The zero-order chi connectivity index (χ0) is 12.4. The number of nitrogens with zero attached hydrogens (tertiary/aromatic N) is 2. The SMILES string of the molecule is O=C(Nc1cncc(Br)c1Cl)N1CC[C@H](O)C1. The monoisotopic (exact) mass is 319 g/mol. The van der Waals surface area contributed by atoms with E-state index in [1.807, 2.05) is 0 Å². The van der Waals surface area contributed by atoms with Gasteiger partial charge in [-0.2, -0.15) is 0 Å². The van der Waals surface area contributed by atoms with E-state index < -0.39 is 6.10 Å². The Hall–Kier alpha value is -0.850. The van der Waals surface area contributed by atoms with Crippen LogP contribution in [-0.2, 0) is 0 Å². The Bertz CT molecular complexity index is 444. The number of carbonyl (C=O) groups is 1. The number of amides is 2. The Morgan fingerprint density at radius 2 is 2.41 bits per heavy atom. The zero-order valence-corrected chi connectivity index (χ0v) is 11.2. The number of carbonyl (C=O) groups excluding carboxylic acids is 1. The number of hydrogen-bond acceptors (Lipinski definition) is 3. The van der Waals surface area contributed by atoms with Crippen LogP contribution in [0.25, 0.3) is 0 Å². The Labute approximate surface area is 112 Å². The molecule has 92 valence electrons. The molecule has 0 spiro atoms. The van der Waals surface area contributed by atoms with Gasteiger partial charge in [0, 0.05) is 19.3 Å². The summed E-state index contributed by atoms with van der Waals surface area (Å²) < 4.78 is 0.624. The van der Waals surface area contributed by atoms with Gasteiger partial charge in [0.05, 0.1) is 27.5 Å². The van der Waals surface area contributed by atoms with E-state index >= 15 is 0 Å². The summed E-state index contributed by atoms with van der Waals surface area (Å²) in [5.74, 6) is 0. The minimum Gasteiger partial charge on any atom is -0.391 e. The largest absolute Gasteiger partial charge is 0.391 e. The lowest BCUT2D eigenvalue weighted by Gasteiger charge is -2.17. The van der Waals surface area contributed by atoms with Gasteiger partial charge < -0.3 is 15.3 Å². The minimum atomic E-state index is -0.433. The van der Waals surface area contributed by atoms with Crippen LogP contribution in [0, 0.1) is 0 Å². The molecule has 0 unspecified atom stereocenters. The number of anilines is 1. The van der Waals surface area contributed by atoms with Crippen LogP contribution in [0.1, 0.15) is 6.42 Å². The summed E-state index contributed by atoms with van der Waals surface area (Å²) in [5.41, 5.74) is 0.451. The smallest absolute Gasteiger partial charge is 0.322 e. The molecule has 2 heterocycles. The predicted octanol–water partition coefficient (Wildman–Crippen LogP) is 2.10. The van der Waals surface area contributed by atoms with Crippen LogP contribution in [0.4, 0.5) is 10.5 Å². The van der Waals surface area contributed by atoms with Gasteiger partial charge >= 0.3 is 6.03 Å². The Kier molecular flexibility index (Phi) is 3.86. The maximum absolute atomic E-state index is 11.8. The first-order chi connectivity index (χ1) is 8.08. The molecule has 0 bridgehead atoms. The quantitative estimate of drug-likeness (QED) is 0.833. The van der Waals surface area contributed by atoms with Crippen molar-refractivity contribution < 1.29 is 9.90 Å². The van der Waals surface area contributed by atoms with Gasteiger partial charge in [-0.1, -0.05) is 11.6 Å². The van der Waals surface area contributed by atoms with Gasteiger partial charge in [0.1, 0.15) is 0 Å². The molecule has 0 aromatic carbocycles. The van der Waals surface area contributed by atoms with E-state index in [0.717, 1.165) is 0 Å². The lowest BCUT2D eigenvalue weighted by atomic mass is 10.3. The fourth-order valence-electron chi connectivity index (χ4n) is 1.63. The first-order valence-corrected chi connectivity index (χ1v) is 6.28. The van der Waals surface area contributed by atoms with E-state index in [0.29, 0.717) is 34.7 Å². The highest BCUT2D eigenvalue weighted by Crippen LogP contribution is 2.29. The molecule has 1 aliphatic heterocycles. The van der Waals surface area contributed by atoms with Gasteiger partial charge in [-0.15, -0.1) is 0 Å². The van der Waals surface area contributed by atoms with Gasteiger partial charge in [0.15, 0.2) is 0 Å². The van der Waals surface area contributed by atoms with E-state index in [2.05, 4.69) is 26.2 Å². The van der Waals surface area contributed by atoms with Crippen molar-refractivity contribution in [3.05, 3.63) is 21.9 Å². The van der Waals surface area contributed by atoms with Gasteiger partial charge in [-0.05, 0) is 22.4 Å². The highest BCUT2D eigenvalue weighted by Gasteiger charge is 2.25. The fraction of sp³-hybridized carbons (Fsp3) is 0.400. The van der Waals surface area contributed by atoms with Crippen LogP contribution in [0.2, 0.25) is 5.02 Å². The predicted molar refractivity (Wildman–Crippen MR) is 68.2 cm³/mol. The van der Waals surface area contributed by atoms with E-state index in [9.17, 15) is 9.90 Å². The van der Waals surface area contributed by atoms with E-state index in [1.165, 1.54) is 6.20 Å². The molecule has 1 aromatic rings. The van der Waals surface area contributed by atoms with Crippen LogP contribution >= 0.6 is 27.5 Å². The molecule has 2 amide bonds. The van der Waals surface area contributed by atoms with Crippen molar-refractivity contribution in [3.63, 3.8) is 0 Å². The normalized spacial score (nSPS) is 19.5. The summed E-state index contributed by atoms with van der Waals surface area (Å²) in [6.45, 7) is 0.900. The maximum Gasteiger partial charge on any atom is 0.322 e. The zero-order valence-electron chi connectivity index (χ0n) is 8.86. The number of aliphatic hydroxyl groups excluding tert-OH is 1. The van der Waals surface area contributed by atoms with Crippen molar-refractivity contribution in [1.29, 1.82) is 0 Å². The summed E-state index contributed by atoms with van der Waals surface area (Å²) in [6, 6.07) is -0.275. The number of β-amino-alcohol motifs (C(OH)–C–C–N with tert-alkyl or cyclic N) is 1. The Morgan fingerprint density at radius 3 is 3.06 bits per heavy atom. The molecule has 1 saturated heterocycles. The molecule has 1 atom stereocenters. The average molecular weight is 321 g/mol. The van der Waals surface area contributed by atoms with Gasteiger partial charge in [0.2, 0.25) is 0 Å². The molecule has 1 aromatic heterocycles. The number of urea groups is 1. The van der Waals surface area contributed by atoms with Crippen LogP contribution in [0.5, 0.6) is 0 Å². The number of rotatable bonds is 1. The first kappa shape index (κ1) is 12.6. The molecule has 5 nitrogen and oxygen atoms in total. The molecule has 7 heteroatoms. The Morgan fingerprint density at radius 1 is 1.65 bits per heavy atom. The molecule has 17 heavy (non-hydrogen) atoms. The molecule has 1 aliphatic rings. The number of likely N-dealkylation sites (tertiary alicyclic amines) is 1. The average Bonchev–Trinajstić information content (AvgIpc) is 2.72. The number of hydrogen-bond donors (Lipinski definition) is 2. The number of aromatic nitrogens is 1. The van der Waals surface area contributed by atoms with Gasteiger partial charge in [-0.25, -0.2) is 4.79 Å². The second kappa shape index (κ2) is 5.20. The number of pyridine rings is 1. The van der Waals surface area contributed by atoms with Crippen molar-refractivity contribution in [3.8, 4) is 0 Å². The topological polar surface area (TPSA) is 65.5 Å². The first-order valence-electron chi connectivity index (χ1n) is 5.11. The standard InChI is InChI=1S/C10H11BrClN3O2/c11-7-3-13-4-8(9(7)12)14-10(17)15-2-1-6(16)5-15/h3-4,6,16H,1-2,5H2,(H,14,17)/t6-/m0/s1. The summed E-state index contributed by atoms with van der Waals surface area (Å²) in [5, 5.41) is 12.4. The summed E-state index contributed by atoms with van der Waals surface area (Å²) in [4.78, 5) is 17.3. The van der Waals surface area contributed by atoms with E-state index in [1.54, 1.807) is 11.1 Å². The third kappa shape index (κ3) is 2.88.